The molecule has 1 saturated heterocycles. The number of benzene rings is 1. The van der Waals surface area contributed by atoms with Gasteiger partial charge in [-0.15, -0.1) is 11.3 Å². The minimum Gasteiger partial charge on any atom is -0.368 e. The second kappa shape index (κ2) is 4.30. The highest BCUT2D eigenvalue weighted by atomic mass is 35.5. The van der Waals surface area contributed by atoms with Gasteiger partial charge in [0.2, 0.25) is 0 Å². The molecule has 1 N–H and O–H groups in total. The van der Waals surface area contributed by atoms with E-state index in [9.17, 15) is 0 Å². The number of thiazole rings is 1. The summed E-state index contributed by atoms with van der Waals surface area (Å²) >= 11 is 7.75. The number of fused-ring (bicyclic) bond motifs is 1. The number of hydrogen-bond acceptors (Lipinski definition) is 4. The molecule has 0 aliphatic carbocycles. The Morgan fingerprint density at radius 2 is 2.44 bits per heavy atom. The summed E-state index contributed by atoms with van der Waals surface area (Å²) in [5.41, 5.74) is 0.960. The third-order valence-corrected chi connectivity index (χ3v) is 4.21. The molecule has 16 heavy (non-hydrogen) atoms. The topological polar surface area (TPSA) is 34.2 Å². The molecule has 1 aromatic carbocycles. The van der Waals surface area contributed by atoms with Crippen molar-refractivity contribution >= 4 is 33.2 Å². The average molecular weight is 255 g/mol. The van der Waals surface area contributed by atoms with E-state index in [1.54, 1.807) is 11.3 Å². The average Bonchev–Trinajstić information content (AvgIpc) is 2.76. The van der Waals surface area contributed by atoms with Crippen LogP contribution in [0.2, 0.25) is 5.02 Å². The highest BCUT2D eigenvalue weighted by Gasteiger charge is 2.20. The van der Waals surface area contributed by atoms with Gasteiger partial charge in [-0.1, -0.05) is 17.7 Å². The Balaban J connectivity index is 2.01. The van der Waals surface area contributed by atoms with E-state index in [2.05, 4.69) is 10.3 Å². The summed E-state index contributed by atoms with van der Waals surface area (Å²) in [7, 11) is 0. The van der Waals surface area contributed by atoms with Gasteiger partial charge in [-0.05, 0) is 12.1 Å². The fraction of sp³-hybridized carbons (Fsp3) is 0.364. The summed E-state index contributed by atoms with van der Waals surface area (Å²) in [5.74, 6) is 0. The standard InChI is InChI=1S/C11H11ClN2OS/c12-7-2-1-3-8-10(7)16-11(14-8)9-6-13-4-5-15-9/h1-3,9,13H,4-6H2. The van der Waals surface area contributed by atoms with Crippen LogP contribution < -0.4 is 5.32 Å². The van der Waals surface area contributed by atoms with Crippen LogP contribution >= 0.6 is 22.9 Å². The van der Waals surface area contributed by atoms with Crippen molar-refractivity contribution < 1.29 is 4.74 Å². The zero-order valence-corrected chi connectivity index (χ0v) is 10.1. The summed E-state index contributed by atoms with van der Waals surface area (Å²) in [6.07, 6.45) is 0.0715. The Bertz CT molecular complexity index is 508. The van der Waals surface area contributed by atoms with Crippen LogP contribution in [0.4, 0.5) is 0 Å². The van der Waals surface area contributed by atoms with Crippen molar-refractivity contribution in [1.29, 1.82) is 0 Å². The fourth-order valence-corrected chi connectivity index (χ4v) is 3.10. The first-order chi connectivity index (χ1) is 7.84. The molecule has 1 aliphatic rings. The fourth-order valence-electron chi connectivity index (χ4n) is 1.79. The molecular weight excluding hydrogens is 244 g/mol. The Kier molecular flexibility index (Phi) is 2.81. The van der Waals surface area contributed by atoms with Crippen molar-refractivity contribution in [3.05, 3.63) is 28.2 Å². The summed E-state index contributed by atoms with van der Waals surface area (Å²) < 4.78 is 6.73. The van der Waals surface area contributed by atoms with E-state index in [-0.39, 0.29) is 6.10 Å². The van der Waals surface area contributed by atoms with Crippen molar-refractivity contribution in [3.8, 4) is 0 Å². The van der Waals surface area contributed by atoms with Gasteiger partial charge in [0, 0.05) is 13.1 Å². The van der Waals surface area contributed by atoms with Crippen molar-refractivity contribution in [1.82, 2.24) is 10.3 Å². The molecule has 1 fully saturated rings. The minimum absolute atomic E-state index is 0.0715. The van der Waals surface area contributed by atoms with Crippen LogP contribution in [0.1, 0.15) is 11.1 Å². The van der Waals surface area contributed by atoms with Crippen LogP contribution in [0.3, 0.4) is 0 Å². The molecule has 3 rings (SSSR count). The normalized spacial score (nSPS) is 21.4. The highest BCUT2D eigenvalue weighted by Crippen LogP contribution is 2.33. The summed E-state index contributed by atoms with van der Waals surface area (Å²) in [4.78, 5) is 4.57. The van der Waals surface area contributed by atoms with E-state index in [1.165, 1.54) is 0 Å². The lowest BCUT2D eigenvalue weighted by Gasteiger charge is -2.21. The van der Waals surface area contributed by atoms with Gasteiger partial charge in [0.25, 0.3) is 0 Å². The molecule has 1 atom stereocenters. The number of nitrogens with one attached hydrogen (secondary N) is 1. The first kappa shape index (κ1) is 10.5. The van der Waals surface area contributed by atoms with E-state index in [0.29, 0.717) is 0 Å². The molecule has 0 amide bonds. The summed E-state index contributed by atoms with van der Waals surface area (Å²) in [6, 6.07) is 5.80. The van der Waals surface area contributed by atoms with Gasteiger partial charge < -0.3 is 10.1 Å². The molecule has 2 aromatic rings. The molecule has 3 nitrogen and oxygen atoms in total. The lowest BCUT2D eigenvalue weighted by Crippen LogP contribution is -2.33. The lowest BCUT2D eigenvalue weighted by atomic mass is 10.3. The van der Waals surface area contributed by atoms with Crippen LogP contribution in [-0.2, 0) is 4.74 Å². The number of rotatable bonds is 1. The van der Waals surface area contributed by atoms with Crippen molar-refractivity contribution in [2.45, 2.75) is 6.10 Å². The van der Waals surface area contributed by atoms with Crippen LogP contribution in [0.25, 0.3) is 10.2 Å². The van der Waals surface area contributed by atoms with Gasteiger partial charge in [-0.25, -0.2) is 4.98 Å². The van der Waals surface area contributed by atoms with Crippen molar-refractivity contribution in [2.75, 3.05) is 19.7 Å². The molecule has 1 unspecified atom stereocenters. The Labute approximate surface area is 102 Å². The SMILES string of the molecule is Clc1cccc2nc(C3CNCCO3)sc12. The van der Waals surface area contributed by atoms with Gasteiger partial charge in [-0.2, -0.15) is 0 Å². The van der Waals surface area contributed by atoms with Gasteiger partial charge in [0.1, 0.15) is 11.1 Å². The number of aromatic nitrogens is 1. The third-order valence-electron chi connectivity index (χ3n) is 2.59. The summed E-state index contributed by atoms with van der Waals surface area (Å²) in [5, 5.41) is 5.08. The molecule has 0 bridgehead atoms. The minimum atomic E-state index is 0.0715. The lowest BCUT2D eigenvalue weighted by molar-refractivity contribution is 0.0277. The molecule has 1 aliphatic heterocycles. The van der Waals surface area contributed by atoms with Gasteiger partial charge in [-0.3, -0.25) is 0 Å². The zero-order valence-electron chi connectivity index (χ0n) is 8.57. The first-order valence-electron chi connectivity index (χ1n) is 5.22. The summed E-state index contributed by atoms with van der Waals surface area (Å²) in [6.45, 7) is 2.49. The predicted molar refractivity (Wildman–Crippen MR) is 66.2 cm³/mol. The number of hydrogen-bond donors (Lipinski definition) is 1. The van der Waals surface area contributed by atoms with Gasteiger partial charge in [0.05, 0.1) is 21.8 Å². The molecule has 0 spiro atoms. The van der Waals surface area contributed by atoms with E-state index < -0.39 is 0 Å². The maximum Gasteiger partial charge on any atom is 0.124 e. The molecule has 5 heteroatoms. The third kappa shape index (κ3) is 1.82. The monoisotopic (exact) mass is 254 g/mol. The molecule has 2 heterocycles. The molecule has 84 valence electrons. The maximum atomic E-state index is 6.12. The number of morpholine rings is 1. The van der Waals surface area contributed by atoms with Crippen LogP contribution in [0.5, 0.6) is 0 Å². The van der Waals surface area contributed by atoms with E-state index in [0.717, 1.165) is 39.9 Å². The maximum absolute atomic E-state index is 6.12. The predicted octanol–water partition coefficient (Wildman–Crippen LogP) is 2.61. The van der Waals surface area contributed by atoms with Gasteiger partial charge >= 0.3 is 0 Å². The van der Waals surface area contributed by atoms with Crippen LogP contribution in [-0.4, -0.2) is 24.7 Å². The largest absolute Gasteiger partial charge is 0.368 e. The highest BCUT2D eigenvalue weighted by molar-refractivity contribution is 7.19. The Morgan fingerprint density at radius 3 is 3.19 bits per heavy atom. The van der Waals surface area contributed by atoms with Gasteiger partial charge in [0.15, 0.2) is 0 Å². The molecule has 0 saturated carbocycles. The number of ether oxygens (including phenoxy) is 1. The Morgan fingerprint density at radius 1 is 1.50 bits per heavy atom. The molecule has 1 aromatic heterocycles. The molecule has 0 radical (unpaired) electrons. The van der Waals surface area contributed by atoms with E-state index in [4.69, 9.17) is 16.3 Å². The van der Waals surface area contributed by atoms with Crippen molar-refractivity contribution in [2.24, 2.45) is 0 Å². The van der Waals surface area contributed by atoms with Crippen LogP contribution in [0, 0.1) is 0 Å². The smallest absolute Gasteiger partial charge is 0.124 e. The quantitative estimate of drug-likeness (QED) is 0.850. The second-order valence-corrected chi connectivity index (χ2v) is 5.14. The Hall–Kier alpha value is -0.680. The second-order valence-electron chi connectivity index (χ2n) is 3.70. The van der Waals surface area contributed by atoms with E-state index >= 15 is 0 Å². The van der Waals surface area contributed by atoms with E-state index in [1.807, 2.05) is 18.2 Å². The van der Waals surface area contributed by atoms with Crippen molar-refractivity contribution in [3.63, 3.8) is 0 Å². The molecular formula is C11H11ClN2OS. The zero-order chi connectivity index (χ0) is 11.0. The number of nitrogens with zero attached hydrogens (tertiary/aromatic N) is 1. The van der Waals surface area contributed by atoms with Crippen LogP contribution in [0.15, 0.2) is 18.2 Å². The first-order valence-corrected chi connectivity index (χ1v) is 6.41. The number of halogens is 1.